The molecule has 0 radical (unpaired) electrons. The zero-order valence-electron chi connectivity index (χ0n) is 27.2. The van der Waals surface area contributed by atoms with Crippen molar-refractivity contribution in [2.75, 3.05) is 5.73 Å². The highest BCUT2D eigenvalue weighted by Crippen LogP contribution is 2.65. The molecule has 9 heteroatoms. The van der Waals surface area contributed by atoms with Crippen molar-refractivity contribution in [3.05, 3.63) is 95.5 Å². The molecule has 9 nitrogen and oxygen atoms in total. The Morgan fingerprint density at radius 2 is 1.92 bits per heavy atom. The van der Waals surface area contributed by atoms with Crippen LogP contribution in [-0.2, 0) is 16.2 Å². The number of hydrogen-bond acceptors (Lipinski definition) is 9. The van der Waals surface area contributed by atoms with Crippen molar-refractivity contribution in [1.29, 1.82) is 0 Å². The van der Waals surface area contributed by atoms with E-state index in [2.05, 4.69) is 13.8 Å². The minimum Gasteiger partial charge on any atom is -0.489 e. The number of furan rings is 1. The summed E-state index contributed by atoms with van der Waals surface area (Å²) in [6.07, 6.45) is 6.32. The van der Waals surface area contributed by atoms with E-state index in [0.29, 0.717) is 41.8 Å². The molecule has 2 aromatic carbocycles. The molecule has 0 saturated heterocycles. The highest BCUT2D eigenvalue weighted by Gasteiger charge is 2.61. The van der Waals surface area contributed by atoms with Crippen LogP contribution in [0.1, 0.15) is 75.2 Å². The summed E-state index contributed by atoms with van der Waals surface area (Å²) < 4.78 is 11.6. The smallest absolute Gasteiger partial charge is 0.179 e. The first-order valence-electron chi connectivity index (χ1n) is 16.8. The Balaban J connectivity index is 1.07. The number of nitrogen functional groups attached to an aromatic ring is 1. The van der Waals surface area contributed by atoms with Crippen LogP contribution in [0.3, 0.4) is 0 Å². The molecule has 0 amide bonds. The first-order valence-corrected chi connectivity index (χ1v) is 16.8. The van der Waals surface area contributed by atoms with E-state index >= 15 is 0 Å². The summed E-state index contributed by atoms with van der Waals surface area (Å²) >= 11 is 0. The van der Waals surface area contributed by atoms with Crippen molar-refractivity contribution >= 4 is 17.3 Å². The third-order valence-electron chi connectivity index (χ3n) is 11.8. The van der Waals surface area contributed by atoms with Crippen molar-refractivity contribution < 1.29 is 39.2 Å². The number of allylic oxidation sites excluding steroid dienone is 4. The number of aliphatic hydroxyl groups excluding tert-OH is 3. The first-order chi connectivity index (χ1) is 22.9. The average molecular weight is 654 g/mol. The fourth-order valence-corrected chi connectivity index (χ4v) is 9.58. The summed E-state index contributed by atoms with van der Waals surface area (Å²) in [5, 5.41) is 43.2. The molecule has 0 spiro atoms. The Labute approximate surface area is 279 Å². The fraction of sp³-hybridized carbons (Fsp3) is 0.436. The molecular formula is C39H43NO8. The molecule has 4 aliphatic carbocycles. The van der Waals surface area contributed by atoms with E-state index in [1.165, 1.54) is 12.3 Å². The Hall–Kier alpha value is -4.02. The molecule has 1 aromatic heterocycles. The number of rotatable bonds is 8. The Morgan fingerprint density at radius 3 is 2.69 bits per heavy atom. The van der Waals surface area contributed by atoms with Crippen molar-refractivity contribution in [3.8, 4) is 16.9 Å². The molecule has 0 aliphatic heterocycles. The predicted molar refractivity (Wildman–Crippen MR) is 178 cm³/mol. The number of fused-ring (bicyclic) bond motifs is 5. The van der Waals surface area contributed by atoms with Gasteiger partial charge in [0.05, 0.1) is 12.4 Å². The molecule has 3 unspecified atom stereocenters. The van der Waals surface area contributed by atoms with Gasteiger partial charge in [-0.05, 0) is 103 Å². The van der Waals surface area contributed by atoms with Crippen molar-refractivity contribution in [2.45, 2.75) is 71.1 Å². The second-order valence-electron chi connectivity index (χ2n) is 14.8. The van der Waals surface area contributed by atoms with E-state index in [9.17, 15) is 30.0 Å². The summed E-state index contributed by atoms with van der Waals surface area (Å²) in [5.74, 6) is 0.186. The second kappa shape index (κ2) is 12.1. The predicted octanol–water partition coefficient (Wildman–Crippen LogP) is 5.59. The average Bonchev–Trinajstić information content (AvgIpc) is 3.68. The maximum atomic E-state index is 13.8. The van der Waals surface area contributed by atoms with Crippen LogP contribution in [0.2, 0.25) is 0 Å². The van der Waals surface area contributed by atoms with E-state index < -0.39 is 24.4 Å². The van der Waals surface area contributed by atoms with Gasteiger partial charge in [0.15, 0.2) is 24.0 Å². The molecule has 3 fully saturated rings. The summed E-state index contributed by atoms with van der Waals surface area (Å²) in [5.41, 5.74) is 8.93. The van der Waals surface area contributed by atoms with Gasteiger partial charge in [0, 0.05) is 34.1 Å². The Bertz CT molecular complexity index is 1810. The third kappa shape index (κ3) is 5.62. The van der Waals surface area contributed by atoms with Crippen LogP contribution in [0, 0.1) is 34.5 Å². The second-order valence-corrected chi connectivity index (χ2v) is 14.8. The van der Waals surface area contributed by atoms with Gasteiger partial charge in [-0.25, -0.2) is 0 Å². The van der Waals surface area contributed by atoms with Gasteiger partial charge in [-0.15, -0.1) is 0 Å². The summed E-state index contributed by atoms with van der Waals surface area (Å²) in [6.45, 7) is 4.54. The molecule has 6 N–H and O–H groups in total. The van der Waals surface area contributed by atoms with Crippen LogP contribution in [-0.4, -0.2) is 38.1 Å². The van der Waals surface area contributed by atoms with Gasteiger partial charge in [-0.1, -0.05) is 43.7 Å². The van der Waals surface area contributed by atoms with Gasteiger partial charge in [-0.3, -0.25) is 9.59 Å². The largest absolute Gasteiger partial charge is 0.489 e. The zero-order valence-corrected chi connectivity index (χ0v) is 27.2. The molecule has 3 saturated carbocycles. The van der Waals surface area contributed by atoms with Crippen LogP contribution in [0.5, 0.6) is 5.75 Å². The fourth-order valence-electron chi connectivity index (χ4n) is 9.58. The molecule has 3 aromatic rings. The van der Waals surface area contributed by atoms with E-state index in [0.717, 1.165) is 24.0 Å². The Kier molecular flexibility index (Phi) is 8.23. The van der Waals surface area contributed by atoms with Crippen LogP contribution in [0.25, 0.3) is 11.1 Å². The molecule has 0 bridgehead atoms. The van der Waals surface area contributed by atoms with Crippen LogP contribution < -0.4 is 10.5 Å². The number of benzene rings is 2. The topological polar surface area (TPSA) is 163 Å². The quantitative estimate of drug-likeness (QED) is 0.154. The number of anilines is 1. The number of aliphatic hydroxyl groups is 4. The number of carbonyl (C=O) groups is 2. The summed E-state index contributed by atoms with van der Waals surface area (Å²) in [7, 11) is 0. The van der Waals surface area contributed by atoms with Gasteiger partial charge < -0.3 is 35.3 Å². The van der Waals surface area contributed by atoms with E-state index in [4.69, 9.17) is 14.9 Å². The number of ketones is 2. The SMILES string of the molecule is C[C@@]12C[C@@H](C(=O)C(O)c3cc(-c4ccc(OCc5cccc(N)c5)cc4C(O)O)co3)CC1[C@@H]1CCC3=CC(=O)C=C[C@]3(C)C1[C@@H](O)C2. The number of Topliss-reactive ketones (excluding diaryl/α,β-unsaturated/α-hetero) is 1. The van der Waals surface area contributed by atoms with Crippen LogP contribution >= 0.6 is 0 Å². The highest BCUT2D eigenvalue weighted by molar-refractivity contribution is 6.01. The maximum Gasteiger partial charge on any atom is 0.179 e. The minimum absolute atomic E-state index is 0.00223. The van der Waals surface area contributed by atoms with E-state index in [1.54, 1.807) is 42.5 Å². The van der Waals surface area contributed by atoms with E-state index in [1.807, 2.05) is 18.2 Å². The lowest BCUT2D eigenvalue weighted by molar-refractivity contribution is -0.132. The minimum atomic E-state index is -1.80. The lowest BCUT2D eigenvalue weighted by atomic mass is 9.47. The third-order valence-corrected chi connectivity index (χ3v) is 11.8. The maximum absolute atomic E-state index is 13.8. The van der Waals surface area contributed by atoms with Gasteiger partial charge in [0.25, 0.3) is 0 Å². The van der Waals surface area contributed by atoms with Gasteiger partial charge in [0.2, 0.25) is 0 Å². The molecule has 8 atom stereocenters. The number of ether oxygens (including phenoxy) is 1. The summed E-state index contributed by atoms with van der Waals surface area (Å²) in [6, 6.07) is 13.8. The molecule has 48 heavy (non-hydrogen) atoms. The molecule has 252 valence electrons. The molecule has 1 heterocycles. The van der Waals surface area contributed by atoms with Gasteiger partial charge in [0.1, 0.15) is 18.1 Å². The standard InChI is InChI=1S/C39H43NO8/c1-38-17-22(13-31(38)29-8-6-24-15-26(41)10-11-39(24,2)34(29)32(42)18-38)35(43)36(44)33-14-23(20-48-33)28-9-7-27(16-30(28)37(45)46)47-19-21-4-3-5-25(40)12-21/h3-5,7,9-12,14-16,20,22,29,31-32,34,36-37,42,44-46H,6,8,13,17-19,40H2,1-2H3/t22-,29-,31?,32-,34?,36?,38-,39-/m0/s1. The normalized spacial score (nSPS) is 31.5. The monoisotopic (exact) mass is 653 g/mol. The lowest BCUT2D eigenvalue weighted by Crippen LogP contribution is -2.54. The number of carbonyl (C=O) groups excluding carboxylic acids is 2. The first kappa shape index (κ1) is 32.5. The molecule has 7 rings (SSSR count). The molecule has 4 aliphatic rings. The lowest BCUT2D eigenvalue weighted by Gasteiger charge is -2.58. The highest BCUT2D eigenvalue weighted by atomic mass is 16.5. The van der Waals surface area contributed by atoms with Crippen molar-refractivity contribution in [2.24, 2.45) is 34.5 Å². The number of nitrogens with two attached hydrogens (primary N) is 1. The zero-order chi connectivity index (χ0) is 34.0. The van der Waals surface area contributed by atoms with Crippen LogP contribution in [0.15, 0.2) is 83.0 Å². The number of hydrogen-bond donors (Lipinski definition) is 5. The molecular weight excluding hydrogens is 610 g/mol. The van der Waals surface area contributed by atoms with Gasteiger partial charge in [-0.2, -0.15) is 0 Å². The van der Waals surface area contributed by atoms with Crippen LogP contribution in [0.4, 0.5) is 5.69 Å². The van der Waals surface area contributed by atoms with Crippen molar-refractivity contribution in [1.82, 2.24) is 0 Å². The van der Waals surface area contributed by atoms with Crippen molar-refractivity contribution in [3.63, 3.8) is 0 Å². The van der Waals surface area contributed by atoms with E-state index in [-0.39, 0.29) is 58.1 Å². The Morgan fingerprint density at radius 1 is 1.10 bits per heavy atom. The van der Waals surface area contributed by atoms with Gasteiger partial charge >= 0.3 is 0 Å². The summed E-state index contributed by atoms with van der Waals surface area (Å²) in [4.78, 5) is 26.0.